The molecule has 0 aliphatic heterocycles. The number of nitrogens with one attached hydrogen (secondary N) is 1. The lowest BCUT2D eigenvalue weighted by molar-refractivity contribution is 0.581. The minimum absolute atomic E-state index is 0.0114. The van der Waals surface area contributed by atoms with Crippen molar-refractivity contribution in [1.29, 1.82) is 5.26 Å². The maximum Gasteiger partial charge on any atom is 0.242 e. The third kappa shape index (κ3) is 3.48. The normalized spacial score (nSPS) is 11.1. The van der Waals surface area contributed by atoms with Crippen molar-refractivity contribution in [3.8, 4) is 6.07 Å². The molecule has 0 saturated carbocycles. The Morgan fingerprint density at radius 2 is 1.86 bits per heavy atom. The monoisotopic (exact) mass is 300 g/mol. The first-order valence-corrected chi connectivity index (χ1v) is 7.97. The molecule has 0 unspecified atom stereocenters. The van der Waals surface area contributed by atoms with Gasteiger partial charge in [0.1, 0.15) is 6.07 Å². The van der Waals surface area contributed by atoms with Crippen molar-refractivity contribution in [3.05, 3.63) is 64.7 Å². The molecule has 0 spiro atoms. The molecule has 0 aliphatic rings. The van der Waals surface area contributed by atoms with Crippen LogP contribution >= 0.6 is 0 Å². The van der Waals surface area contributed by atoms with Crippen LogP contribution in [0.3, 0.4) is 0 Å². The van der Waals surface area contributed by atoms with Gasteiger partial charge in [-0.3, -0.25) is 0 Å². The molecular formula is C16H16N2O2S. The van der Waals surface area contributed by atoms with Crippen LogP contribution in [-0.4, -0.2) is 8.42 Å². The van der Waals surface area contributed by atoms with Gasteiger partial charge in [-0.05, 0) is 37.1 Å². The van der Waals surface area contributed by atoms with E-state index in [1.807, 2.05) is 38.1 Å². The second-order valence-electron chi connectivity index (χ2n) is 4.86. The van der Waals surface area contributed by atoms with Crippen LogP contribution in [0.15, 0.2) is 47.4 Å². The Morgan fingerprint density at radius 1 is 1.14 bits per heavy atom. The van der Waals surface area contributed by atoms with Crippen LogP contribution in [0.25, 0.3) is 0 Å². The number of sulfonamides is 1. The van der Waals surface area contributed by atoms with Gasteiger partial charge in [-0.1, -0.05) is 35.9 Å². The van der Waals surface area contributed by atoms with Crippen molar-refractivity contribution in [3.63, 3.8) is 0 Å². The van der Waals surface area contributed by atoms with E-state index in [-0.39, 0.29) is 17.0 Å². The van der Waals surface area contributed by atoms with Gasteiger partial charge in [0.2, 0.25) is 10.0 Å². The Kier molecular flexibility index (Phi) is 4.41. The van der Waals surface area contributed by atoms with Crippen LogP contribution in [0.2, 0.25) is 0 Å². The minimum atomic E-state index is -3.70. The highest BCUT2D eigenvalue weighted by atomic mass is 32.2. The van der Waals surface area contributed by atoms with Crippen molar-refractivity contribution in [2.24, 2.45) is 0 Å². The van der Waals surface area contributed by atoms with E-state index < -0.39 is 10.0 Å². The van der Waals surface area contributed by atoms with Crippen LogP contribution < -0.4 is 4.72 Å². The van der Waals surface area contributed by atoms with Gasteiger partial charge < -0.3 is 0 Å². The molecule has 2 aromatic carbocycles. The fourth-order valence-corrected chi connectivity index (χ4v) is 3.25. The first-order valence-electron chi connectivity index (χ1n) is 6.49. The third-order valence-corrected chi connectivity index (χ3v) is 4.71. The van der Waals surface area contributed by atoms with Crippen LogP contribution in [0.1, 0.15) is 22.3 Å². The largest absolute Gasteiger partial charge is 0.242 e. The molecule has 0 saturated heterocycles. The van der Waals surface area contributed by atoms with Crippen molar-refractivity contribution < 1.29 is 8.42 Å². The van der Waals surface area contributed by atoms with Gasteiger partial charge in [0, 0.05) is 6.54 Å². The predicted molar refractivity (Wildman–Crippen MR) is 81.1 cm³/mol. The van der Waals surface area contributed by atoms with Crippen molar-refractivity contribution in [2.75, 3.05) is 0 Å². The molecule has 0 bridgehead atoms. The summed E-state index contributed by atoms with van der Waals surface area (Å²) in [4.78, 5) is 0.0114. The Hall–Kier alpha value is -2.16. The molecule has 2 rings (SSSR count). The Labute approximate surface area is 125 Å². The maximum atomic E-state index is 12.3. The van der Waals surface area contributed by atoms with Crippen molar-refractivity contribution >= 4 is 10.0 Å². The number of hydrogen-bond donors (Lipinski definition) is 1. The van der Waals surface area contributed by atoms with E-state index in [0.29, 0.717) is 0 Å². The molecule has 0 amide bonds. The second kappa shape index (κ2) is 6.08. The summed E-state index contributed by atoms with van der Waals surface area (Å²) in [5.74, 6) is 0. The van der Waals surface area contributed by atoms with Gasteiger partial charge in [0.15, 0.2) is 0 Å². The third-order valence-electron chi connectivity index (χ3n) is 3.25. The molecule has 4 nitrogen and oxygen atoms in total. The van der Waals surface area contributed by atoms with E-state index in [2.05, 4.69) is 4.72 Å². The average molecular weight is 300 g/mol. The molecule has 108 valence electrons. The van der Waals surface area contributed by atoms with E-state index in [1.165, 1.54) is 12.1 Å². The molecular weight excluding hydrogens is 284 g/mol. The Balaban J connectivity index is 2.24. The summed E-state index contributed by atoms with van der Waals surface area (Å²) in [6, 6.07) is 13.9. The number of nitrogens with zero attached hydrogens (tertiary/aromatic N) is 1. The summed E-state index contributed by atoms with van der Waals surface area (Å²) in [5, 5.41) is 9.00. The molecule has 21 heavy (non-hydrogen) atoms. The zero-order valence-electron chi connectivity index (χ0n) is 11.9. The van der Waals surface area contributed by atoms with Gasteiger partial charge in [-0.2, -0.15) is 5.26 Å². The highest BCUT2D eigenvalue weighted by molar-refractivity contribution is 7.89. The second-order valence-corrected chi connectivity index (χ2v) is 6.60. The first kappa shape index (κ1) is 15.2. The summed E-state index contributed by atoms with van der Waals surface area (Å²) in [6.07, 6.45) is 0. The molecule has 0 aromatic heterocycles. The summed E-state index contributed by atoms with van der Waals surface area (Å²) in [7, 11) is -3.70. The van der Waals surface area contributed by atoms with Gasteiger partial charge in [-0.25, -0.2) is 13.1 Å². The Morgan fingerprint density at radius 3 is 2.52 bits per heavy atom. The lowest BCUT2D eigenvalue weighted by Crippen LogP contribution is -2.24. The van der Waals surface area contributed by atoms with Gasteiger partial charge in [0.25, 0.3) is 0 Å². The van der Waals surface area contributed by atoms with Crippen molar-refractivity contribution in [2.45, 2.75) is 25.3 Å². The fraction of sp³-hybridized carbons (Fsp3) is 0.188. The van der Waals surface area contributed by atoms with Crippen LogP contribution in [0.5, 0.6) is 0 Å². The molecule has 5 heteroatoms. The summed E-state index contributed by atoms with van der Waals surface area (Å²) < 4.78 is 27.2. The first-order chi connectivity index (χ1) is 9.94. The zero-order chi connectivity index (χ0) is 15.5. The van der Waals surface area contributed by atoms with E-state index in [1.54, 1.807) is 12.1 Å². The zero-order valence-corrected chi connectivity index (χ0v) is 12.7. The highest BCUT2D eigenvalue weighted by Gasteiger charge is 2.17. The number of aryl methyl sites for hydroxylation is 2. The predicted octanol–water partition coefficient (Wildman–Crippen LogP) is 2.65. The molecule has 0 fully saturated rings. The SMILES string of the molecule is Cc1ccc(CNS(=O)(=O)c2ccccc2C#N)c(C)c1. The molecule has 0 atom stereocenters. The fourth-order valence-electron chi connectivity index (χ4n) is 2.09. The summed E-state index contributed by atoms with van der Waals surface area (Å²) in [5.41, 5.74) is 3.23. The van der Waals surface area contributed by atoms with Crippen LogP contribution in [0.4, 0.5) is 0 Å². The van der Waals surface area contributed by atoms with E-state index in [0.717, 1.165) is 16.7 Å². The lowest BCUT2D eigenvalue weighted by Gasteiger charge is -2.10. The lowest BCUT2D eigenvalue weighted by atomic mass is 10.1. The van der Waals surface area contributed by atoms with E-state index in [4.69, 9.17) is 5.26 Å². The molecule has 0 aliphatic carbocycles. The molecule has 1 N–H and O–H groups in total. The van der Waals surface area contributed by atoms with Gasteiger partial charge in [0.05, 0.1) is 10.5 Å². The highest BCUT2D eigenvalue weighted by Crippen LogP contribution is 2.16. The number of hydrogen-bond acceptors (Lipinski definition) is 3. The molecule has 2 aromatic rings. The molecule has 0 heterocycles. The topological polar surface area (TPSA) is 70.0 Å². The van der Waals surface area contributed by atoms with E-state index >= 15 is 0 Å². The van der Waals surface area contributed by atoms with Gasteiger partial charge in [-0.15, -0.1) is 0 Å². The average Bonchev–Trinajstić information content (AvgIpc) is 2.46. The standard InChI is InChI=1S/C16H16N2O2S/c1-12-7-8-15(13(2)9-12)11-18-21(19,20)16-6-4-3-5-14(16)10-17/h3-9,18H,11H2,1-2H3. The quantitative estimate of drug-likeness (QED) is 0.943. The minimum Gasteiger partial charge on any atom is -0.207 e. The number of rotatable bonds is 4. The molecule has 0 radical (unpaired) electrons. The smallest absolute Gasteiger partial charge is 0.207 e. The van der Waals surface area contributed by atoms with Crippen molar-refractivity contribution in [1.82, 2.24) is 4.72 Å². The van der Waals surface area contributed by atoms with Gasteiger partial charge >= 0.3 is 0 Å². The summed E-state index contributed by atoms with van der Waals surface area (Å²) in [6.45, 7) is 4.14. The maximum absolute atomic E-state index is 12.3. The summed E-state index contributed by atoms with van der Waals surface area (Å²) >= 11 is 0. The number of benzene rings is 2. The number of nitriles is 1. The van der Waals surface area contributed by atoms with Crippen LogP contribution in [0, 0.1) is 25.2 Å². The Bertz CT molecular complexity index is 805. The van der Waals surface area contributed by atoms with E-state index in [9.17, 15) is 8.42 Å². The van der Waals surface area contributed by atoms with Crippen LogP contribution in [-0.2, 0) is 16.6 Å².